The van der Waals surface area contributed by atoms with Crippen LogP contribution in [0.2, 0.25) is 0 Å². The van der Waals surface area contributed by atoms with Crippen molar-refractivity contribution in [3.8, 4) is 23.3 Å². The van der Waals surface area contributed by atoms with E-state index in [2.05, 4.69) is 6.07 Å². The van der Waals surface area contributed by atoms with Crippen LogP contribution in [0.1, 0.15) is 16.7 Å². The Morgan fingerprint density at radius 2 is 2.00 bits per heavy atom. The van der Waals surface area contributed by atoms with E-state index in [1.165, 1.54) is 7.11 Å². The average molecular weight is 269 g/mol. The van der Waals surface area contributed by atoms with Crippen LogP contribution < -0.4 is 9.47 Å². The Morgan fingerprint density at radius 1 is 1.20 bits per heavy atom. The van der Waals surface area contributed by atoms with Gasteiger partial charge in [-0.05, 0) is 42.3 Å². The number of rotatable bonds is 4. The molecule has 4 nitrogen and oxygen atoms in total. The summed E-state index contributed by atoms with van der Waals surface area (Å²) < 4.78 is 10.8. The van der Waals surface area contributed by atoms with E-state index in [1.54, 1.807) is 24.3 Å². The van der Waals surface area contributed by atoms with E-state index in [1.807, 2.05) is 19.1 Å². The summed E-state index contributed by atoms with van der Waals surface area (Å²) in [6.45, 7) is 2.22. The zero-order chi connectivity index (χ0) is 14.5. The molecule has 0 aliphatic carbocycles. The van der Waals surface area contributed by atoms with Gasteiger partial charge < -0.3 is 14.6 Å². The van der Waals surface area contributed by atoms with Crippen molar-refractivity contribution in [1.29, 1.82) is 5.26 Å². The van der Waals surface area contributed by atoms with Crippen molar-refractivity contribution in [3.05, 3.63) is 53.1 Å². The second-order valence-electron chi connectivity index (χ2n) is 4.44. The molecular weight excluding hydrogens is 254 g/mol. The lowest BCUT2D eigenvalue weighted by molar-refractivity contribution is 0.303. The molecule has 4 heteroatoms. The normalized spacial score (nSPS) is 9.85. The van der Waals surface area contributed by atoms with Crippen LogP contribution in [0, 0.1) is 18.3 Å². The van der Waals surface area contributed by atoms with Crippen molar-refractivity contribution in [2.24, 2.45) is 0 Å². The van der Waals surface area contributed by atoms with Crippen LogP contribution in [0.25, 0.3) is 0 Å². The number of aryl methyl sites for hydroxylation is 1. The van der Waals surface area contributed by atoms with Crippen LogP contribution >= 0.6 is 0 Å². The zero-order valence-electron chi connectivity index (χ0n) is 11.4. The number of phenols is 1. The number of nitrogens with zero attached hydrogens (tertiary/aromatic N) is 1. The van der Waals surface area contributed by atoms with Crippen LogP contribution in [0.5, 0.6) is 17.2 Å². The molecule has 2 rings (SSSR count). The molecule has 2 aromatic rings. The molecule has 0 bridgehead atoms. The second-order valence-corrected chi connectivity index (χ2v) is 4.44. The average Bonchev–Trinajstić information content (AvgIpc) is 2.43. The van der Waals surface area contributed by atoms with Gasteiger partial charge in [0.2, 0.25) is 0 Å². The van der Waals surface area contributed by atoms with Gasteiger partial charge in [-0.15, -0.1) is 0 Å². The molecular formula is C16H15NO3. The van der Waals surface area contributed by atoms with Gasteiger partial charge in [-0.2, -0.15) is 5.26 Å². The molecule has 0 saturated carbocycles. The largest absolute Gasteiger partial charge is 0.508 e. The number of methoxy groups -OCH3 is 1. The lowest BCUT2D eigenvalue weighted by atomic mass is 10.1. The third-order valence-corrected chi connectivity index (χ3v) is 2.83. The quantitative estimate of drug-likeness (QED) is 0.926. The number of aromatic hydroxyl groups is 1. The van der Waals surface area contributed by atoms with E-state index in [0.29, 0.717) is 23.7 Å². The van der Waals surface area contributed by atoms with Crippen molar-refractivity contribution < 1.29 is 14.6 Å². The van der Waals surface area contributed by atoms with Gasteiger partial charge in [-0.1, -0.05) is 6.07 Å². The van der Waals surface area contributed by atoms with Gasteiger partial charge in [0, 0.05) is 6.07 Å². The third-order valence-electron chi connectivity index (χ3n) is 2.83. The summed E-state index contributed by atoms with van der Waals surface area (Å²) in [6, 6.07) is 12.4. The highest BCUT2D eigenvalue weighted by atomic mass is 16.5. The van der Waals surface area contributed by atoms with Gasteiger partial charge in [0.15, 0.2) is 0 Å². The molecule has 0 amide bonds. The van der Waals surface area contributed by atoms with E-state index in [0.717, 1.165) is 11.1 Å². The first-order chi connectivity index (χ1) is 9.62. The fourth-order valence-corrected chi connectivity index (χ4v) is 1.90. The predicted molar refractivity (Wildman–Crippen MR) is 74.9 cm³/mol. The number of hydrogen-bond acceptors (Lipinski definition) is 4. The monoisotopic (exact) mass is 269 g/mol. The maximum Gasteiger partial charge on any atom is 0.137 e. The summed E-state index contributed by atoms with van der Waals surface area (Å²) in [6.07, 6.45) is 0. The molecule has 0 aromatic heterocycles. The van der Waals surface area contributed by atoms with Crippen LogP contribution in [-0.4, -0.2) is 12.2 Å². The van der Waals surface area contributed by atoms with Gasteiger partial charge >= 0.3 is 0 Å². The molecule has 0 saturated heterocycles. The van der Waals surface area contributed by atoms with Gasteiger partial charge in [0.25, 0.3) is 0 Å². The molecule has 20 heavy (non-hydrogen) atoms. The molecule has 0 radical (unpaired) electrons. The second kappa shape index (κ2) is 5.98. The zero-order valence-corrected chi connectivity index (χ0v) is 11.4. The first-order valence-electron chi connectivity index (χ1n) is 6.13. The minimum absolute atomic E-state index is 0.178. The van der Waals surface area contributed by atoms with Crippen LogP contribution in [0.4, 0.5) is 0 Å². The summed E-state index contributed by atoms with van der Waals surface area (Å²) in [4.78, 5) is 0. The van der Waals surface area contributed by atoms with E-state index in [-0.39, 0.29) is 5.75 Å². The third kappa shape index (κ3) is 3.21. The molecule has 0 atom stereocenters. The summed E-state index contributed by atoms with van der Waals surface area (Å²) in [5.41, 5.74) is 2.31. The predicted octanol–water partition coefficient (Wildman–Crippen LogP) is 3.16. The highest BCUT2D eigenvalue weighted by Gasteiger charge is 2.05. The molecule has 102 valence electrons. The van der Waals surface area contributed by atoms with Gasteiger partial charge in [-0.3, -0.25) is 0 Å². The number of nitriles is 1. The molecule has 0 unspecified atom stereocenters. The minimum atomic E-state index is 0.178. The first-order valence-corrected chi connectivity index (χ1v) is 6.13. The Kier molecular flexibility index (Phi) is 4.11. The van der Waals surface area contributed by atoms with Crippen LogP contribution in [0.15, 0.2) is 36.4 Å². The van der Waals surface area contributed by atoms with Gasteiger partial charge in [0.05, 0.1) is 12.7 Å². The van der Waals surface area contributed by atoms with E-state index in [9.17, 15) is 5.11 Å². The number of phenolic OH excluding ortho intramolecular Hbond substituents is 1. The summed E-state index contributed by atoms with van der Waals surface area (Å²) in [5.74, 6) is 1.31. The molecule has 2 aromatic carbocycles. The lowest BCUT2D eigenvalue weighted by Gasteiger charge is -2.09. The summed E-state index contributed by atoms with van der Waals surface area (Å²) in [5, 5.41) is 18.4. The topological polar surface area (TPSA) is 62.5 Å². The molecule has 0 fully saturated rings. The van der Waals surface area contributed by atoms with Crippen LogP contribution in [0.3, 0.4) is 0 Å². The van der Waals surface area contributed by atoms with E-state index in [4.69, 9.17) is 14.7 Å². The first kappa shape index (κ1) is 13.8. The standard InChI is InChI=1S/C16H15NO3/c1-11-5-14(18)8-15(6-11)20-10-12-3-4-13(9-17)16(7-12)19-2/h3-8,18H,10H2,1-2H3. The number of hydrogen-bond donors (Lipinski definition) is 1. The SMILES string of the molecule is COc1cc(COc2cc(C)cc(O)c2)ccc1C#N. The maximum atomic E-state index is 9.51. The van der Waals surface area contributed by atoms with Crippen molar-refractivity contribution in [1.82, 2.24) is 0 Å². The lowest BCUT2D eigenvalue weighted by Crippen LogP contribution is -1.97. The number of benzene rings is 2. The highest BCUT2D eigenvalue weighted by Crippen LogP contribution is 2.24. The van der Waals surface area contributed by atoms with Gasteiger partial charge in [0.1, 0.15) is 29.9 Å². The number of ether oxygens (including phenoxy) is 2. The van der Waals surface area contributed by atoms with Crippen molar-refractivity contribution in [2.45, 2.75) is 13.5 Å². The maximum absolute atomic E-state index is 9.51. The van der Waals surface area contributed by atoms with Crippen molar-refractivity contribution in [2.75, 3.05) is 7.11 Å². The van der Waals surface area contributed by atoms with E-state index < -0.39 is 0 Å². The van der Waals surface area contributed by atoms with Crippen LogP contribution in [-0.2, 0) is 6.61 Å². The molecule has 0 aliphatic rings. The Labute approximate surface area is 117 Å². The van der Waals surface area contributed by atoms with Crippen molar-refractivity contribution >= 4 is 0 Å². The van der Waals surface area contributed by atoms with Gasteiger partial charge in [-0.25, -0.2) is 0 Å². The minimum Gasteiger partial charge on any atom is -0.508 e. The summed E-state index contributed by atoms with van der Waals surface area (Å²) >= 11 is 0. The fourth-order valence-electron chi connectivity index (χ4n) is 1.90. The Bertz CT molecular complexity index is 639. The molecule has 0 heterocycles. The fraction of sp³-hybridized carbons (Fsp3) is 0.188. The Hall–Kier alpha value is -2.67. The van der Waals surface area contributed by atoms with Crippen molar-refractivity contribution in [3.63, 3.8) is 0 Å². The molecule has 0 aliphatic heterocycles. The summed E-state index contributed by atoms with van der Waals surface area (Å²) in [7, 11) is 1.53. The Morgan fingerprint density at radius 3 is 2.65 bits per heavy atom. The Balaban J connectivity index is 2.13. The highest BCUT2D eigenvalue weighted by molar-refractivity contribution is 5.45. The van der Waals surface area contributed by atoms with E-state index >= 15 is 0 Å². The smallest absolute Gasteiger partial charge is 0.137 e. The molecule has 1 N–H and O–H groups in total. The molecule has 0 spiro atoms.